The van der Waals surface area contributed by atoms with E-state index >= 15 is 0 Å². The average Bonchev–Trinajstić information content (AvgIpc) is 2.39. The van der Waals surface area contributed by atoms with E-state index in [4.69, 9.17) is 0 Å². The maximum atomic E-state index is 3.81. The van der Waals surface area contributed by atoms with Gasteiger partial charge in [-0.2, -0.15) is 0 Å². The molecule has 114 valence electrons. The van der Waals surface area contributed by atoms with Crippen LogP contribution >= 0.6 is 0 Å². The fourth-order valence-electron chi connectivity index (χ4n) is 3.81. The van der Waals surface area contributed by atoms with Gasteiger partial charge in [0.25, 0.3) is 0 Å². The third-order valence-electron chi connectivity index (χ3n) is 5.64. The van der Waals surface area contributed by atoms with Gasteiger partial charge in [0.2, 0.25) is 0 Å². The summed E-state index contributed by atoms with van der Waals surface area (Å²) in [5.41, 5.74) is 0.551. The summed E-state index contributed by atoms with van der Waals surface area (Å²) in [6.07, 6.45) is 8.35. The van der Waals surface area contributed by atoms with E-state index in [1.807, 2.05) is 0 Å². The smallest absolute Gasteiger partial charge is 0.0118 e. The van der Waals surface area contributed by atoms with Crippen LogP contribution in [0.15, 0.2) is 0 Å². The lowest BCUT2D eigenvalue weighted by Gasteiger charge is -2.42. The second-order valence-corrected chi connectivity index (χ2v) is 7.68. The molecule has 1 N–H and O–H groups in total. The molecule has 0 aromatic heterocycles. The molecule has 1 nitrogen and oxygen atoms in total. The average molecular weight is 268 g/mol. The number of nitrogens with one attached hydrogen (secondary N) is 1. The lowest BCUT2D eigenvalue weighted by atomic mass is 9.66. The summed E-state index contributed by atoms with van der Waals surface area (Å²) < 4.78 is 0. The Morgan fingerprint density at radius 1 is 1.05 bits per heavy atom. The van der Waals surface area contributed by atoms with Crippen molar-refractivity contribution >= 4 is 0 Å². The maximum absolute atomic E-state index is 3.81. The first kappa shape index (κ1) is 17.0. The summed E-state index contributed by atoms with van der Waals surface area (Å²) in [4.78, 5) is 0. The van der Waals surface area contributed by atoms with Gasteiger partial charge in [0.1, 0.15) is 0 Å². The predicted octanol–water partition coefficient (Wildman–Crippen LogP) is 5.25. The highest BCUT2D eigenvalue weighted by Crippen LogP contribution is 2.43. The highest BCUT2D eigenvalue weighted by atomic mass is 14.9. The van der Waals surface area contributed by atoms with E-state index < -0.39 is 0 Å². The topological polar surface area (TPSA) is 12.0 Å². The Bertz CT molecular complexity index is 236. The largest absolute Gasteiger partial charge is 0.313 e. The second kappa shape index (κ2) is 7.67. The molecule has 0 heterocycles. The van der Waals surface area contributed by atoms with E-state index in [9.17, 15) is 0 Å². The number of hydrogen-bond acceptors (Lipinski definition) is 1. The van der Waals surface area contributed by atoms with Crippen LogP contribution in [-0.4, -0.2) is 12.6 Å². The molecule has 1 aliphatic rings. The van der Waals surface area contributed by atoms with E-state index in [1.165, 1.54) is 45.1 Å². The van der Waals surface area contributed by atoms with Crippen LogP contribution in [0.2, 0.25) is 0 Å². The van der Waals surface area contributed by atoms with Gasteiger partial charge in [-0.15, -0.1) is 0 Å². The van der Waals surface area contributed by atoms with Gasteiger partial charge < -0.3 is 5.32 Å². The Hall–Kier alpha value is -0.0400. The zero-order valence-electron chi connectivity index (χ0n) is 14.3. The molecule has 1 aliphatic carbocycles. The Kier molecular flexibility index (Phi) is 6.86. The quantitative estimate of drug-likeness (QED) is 0.664. The minimum atomic E-state index is 0.551. The lowest BCUT2D eigenvalue weighted by molar-refractivity contribution is 0.106. The highest BCUT2D eigenvalue weighted by molar-refractivity contribution is 4.88. The van der Waals surface area contributed by atoms with Crippen LogP contribution in [0.1, 0.15) is 80.1 Å². The normalized spacial score (nSPS) is 26.7. The first-order valence-electron chi connectivity index (χ1n) is 8.65. The Balaban J connectivity index is 2.51. The van der Waals surface area contributed by atoms with Crippen molar-refractivity contribution in [3.05, 3.63) is 0 Å². The van der Waals surface area contributed by atoms with E-state index in [-0.39, 0.29) is 0 Å². The van der Waals surface area contributed by atoms with Crippen molar-refractivity contribution in [3.8, 4) is 0 Å². The molecule has 1 heteroatoms. The molecule has 0 aromatic rings. The van der Waals surface area contributed by atoms with Gasteiger partial charge in [-0.25, -0.2) is 0 Å². The first-order chi connectivity index (χ1) is 8.92. The Morgan fingerprint density at radius 2 is 1.63 bits per heavy atom. The minimum absolute atomic E-state index is 0.551. The lowest BCUT2D eigenvalue weighted by Crippen LogP contribution is -2.43. The molecule has 0 aromatic carbocycles. The van der Waals surface area contributed by atoms with Gasteiger partial charge in [0.05, 0.1) is 0 Å². The van der Waals surface area contributed by atoms with Crippen LogP contribution in [0.5, 0.6) is 0 Å². The van der Waals surface area contributed by atoms with Crippen LogP contribution < -0.4 is 5.32 Å². The molecule has 1 atom stereocenters. The summed E-state index contributed by atoms with van der Waals surface area (Å²) in [5.74, 6) is 2.63. The fourth-order valence-corrected chi connectivity index (χ4v) is 3.81. The molecule has 1 fully saturated rings. The zero-order chi connectivity index (χ0) is 14.5. The SMILES string of the molecule is CCCNC(C(C)C)C1CCC(C(C)(C)CC)CC1. The van der Waals surface area contributed by atoms with Crippen molar-refractivity contribution in [2.24, 2.45) is 23.2 Å². The second-order valence-electron chi connectivity index (χ2n) is 7.68. The zero-order valence-corrected chi connectivity index (χ0v) is 14.3. The van der Waals surface area contributed by atoms with Gasteiger partial charge in [0.15, 0.2) is 0 Å². The van der Waals surface area contributed by atoms with Crippen molar-refractivity contribution in [2.75, 3.05) is 6.54 Å². The number of rotatable bonds is 7. The van der Waals surface area contributed by atoms with Crippen LogP contribution in [0.3, 0.4) is 0 Å². The molecule has 1 unspecified atom stereocenters. The van der Waals surface area contributed by atoms with Crippen LogP contribution in [0, 0.1) is 23.2 Å². The molecule has 0 spiro atoms. The van der Waals surface area contributed by atoms with E-state index in [0.29, 0.717) is 5.41 Å². The van der Waals surface area contributed by atoms with Gasteiger partial charge >= 0.3 is 0 Å². The van der Waals surface area contributed by atoms with E-state index in [1.54, 1.807) is 0 Å². The summed E-state index contributed by atoms with van der Waals surface area (Å²) >= 11 is 0. The third-order valence-corrected chi connectivity index (χ3v) is 5.64. The molecular formula is C18H37N. The molecule has 0 aliphatic heterocycles. The monoisotopic (exact) mass is 267 g/mol. The van der Waals surface area contributed by atoms with Crippen LogP contribution in [0.4, 0.5) is 0 Å². The first-order valence-corrected chi connectivity index (χ1v) is 8.65. The maximum Gasteiger partial charge on any atom is 0.0118 e. The summed E-state index contributed by atoms with van der Waals surface area (Å²) in [6, 6.07) is 0.741. The third kappa shape index (κ3) is 4.77. The van der Waals surface area contributed by atoms with E-state index in [0.717, 1.165) is 23.8 Å². The molecule has 0 bridgehead atoms. The molecule has 0 amide bonds. The van der Waals surface area contributed by atoms with Crippen molar-refractivity contribution in [1.29, 1.82) is 0 Å². The predicted molar refractivity (Wildman–Crippen MR) is 86.4 cm³/mol. The molecule has 0 saturated heterocycles. The van der Waals surface area contributed by atoms with Gasteiger partial charge in [-0.3, -0.25) is 0 Å². The minimum Gasteiger partial charge on any atom is -0.313 e. The number of hydrogen-bond donors (Lipinski definition) is 1. The van der Waals surface area contributed by atoms with Gasteiger partial charge in [0, 0.05) is 6.04 Å². The fraction of sp³-hybridized carbons (Fsp3) is 1.00. The molecule has 19 heavy (non-hydrogen) atoms. The summed E-state index contributed by atoms with van der Waals surface area (Å²) in [6.45, 7) is 15.5. The van der Waals surface area contributed by atoms with Crippen molar-refractivity contribution < 1.29 is 0 Å². The van der Waals surface area contributed by atoms with Crippen molar-refractivity contribution in [3.63, 3.8) is 0 Å². The summed E-state index contributed by atoms with van der Waals surface area (Å²) in [7, 11) is 0. The van der Waals surface area contributed by atoms with Gasteiger partial charge in [-0.1, -0.05) is 48.0 Å². The highest BCUT2D eigenvalue weighted by Gasteiger charge is 2.34. The Labute approximate surface area is 121 Å². The molecular weight excluding hydrogens is 230 g/mol. The molecule has 0 radical (unpaired) electrons. The van der Waals surface area contributed by atoms with Crippen LogP contribution in [-0.2, 0) is 0 Å². The molecule has 1 saturated carbocycles. The summed E-state index contributed by atoms with van der Waals surface area (Å²) in [5, 5.41) is 3.81. The van der Waals surface area contributed by atoms with E-state index in [2.05, 4.69) is 46.9 Å². The van der Waals surface area contributed by atoms with Crippen molar-refractivity contribution in [2.45, 2.75) is 86.1 Å². The van der Waals surface area contributed by atoms with Crippen LogP contribution in [0.25, 0.3) is 0 Å². The molecule has 1 rings (SSSR count). The van der Waals surface area contributed by atoms with Crippen molar-refractivity contribution in [1.82, 2.24) is 5.32 Å². The Morgan fingerprint density at radius 3 is 2.05 bits per heavy atom. The van der Waals surface area contributed by atoms with Gasteiger partial charge in [-0.05, 0) is 61.8 Å². The standard InChI is InChI=1S/C18H37N/c1-7-13-19-17(14(3)4)15-9-11-16(12-10-15)18(5,6)8-2/h14-17,19H,7-13H2,1-6H3.